The molecule has 7 nitrogen and oxygen atoms in total. The topological polar surface area (TPSA) is 86.1 Å². The number of aryl methyl sites for hydroxylation is 3. The number of para-hydroxylation sites is 2. The minimum Gasteiger partial charge on any atom is -0.478 e. The van der Waals surface area contributed by atoms with Crippen molar-refractivity contribution in [3.8, 4) is 17.1 Å². The molecule has 0 aliphatic rings. The fourth-order valence-corrected chi connectivity index (χ4v) is 5.83. The van der Waals surface area contributed by atoms with Crippen molar-refractivity contribution in [1.29, 1.82) is 0 Å². The van der Waals surface area contributed by atoms with Gasteiger partial charge in [-0.25, -0.2) is 14.8 Å². The molecular formula is C34H28N4O3. The van der Waals surface area contributed by atoms with E-state index in [2.05, 4.69) is 42.7 Å². The fraction of sp³-hybridized carbons (Fsp3) is 0.147. The molecule has 0 atom stereocenters. The number of carbonyl (C=O) groups is 1. The molecule has 0 fully saturated rings. The number of benzene rings is 4. The van der Waals surface area contributed by atoms with E-state index in [4.69, 9.17) is 14.4 Å². The Morgan fingerprint density at radius 2 is 1.71 bits per heavy atom. The lowest BCUT2D eigenvalue weighted by Gasteiger charge is -2.12. The molecule has 41 heavy (non-hydrogen) atoms. The van der Waals surface area contributed by atoms with Crippen LogP contribution in [0.2, 0.25) is 0 Å². The van der Waals surface area contributed by atoms with E-state index in [0.29, 0.717) is 18.1 Å². The molecule has 1 N–H and O–H groups in total. The number of hydrogen-bond acceptors (Lipinski definition) is 4. The van der Waals surface area contributed by atoms with Crippen molar-refractivity contribution < 1.29 is 14.3 Å². The second-order valence-corrected chi connectivity index (χ2v) is 10.4. The number of rotatable bonds is 6. The van der Waals surface area contributed by atoms with E-state index in [1.54, 1.807) is 12.1 Å². The molecule has 3 heterocycles. The highest BCUT2D eigenvalue weighted by Crippen LogP contribution is 2.32. The van der Waals surface area contributed by atoms with Gasteiger partial charge in [0, 0.05) is 23.6 Å². The monoisotopic (exact) mass is 540 g/mol. The van der Waals surface area contributed by atoms with Crippen molar-refractivity contribution in [2.24, 2.45) is 0 Å². The third-order valence-corrected chi connectivity index (χ3v) is 7.85. The van der Waals surface area contributed by atoms with Crippen LogP contribution in [0.3, 0.4) is 0 Å². The second kappa shape index (κ2) is 9.48. The Morgan fingerprint density at radius 3 is 2.51 bits per heavy atom. The van der Waals surface area contributed by atoms with Crippen LogP contribution in [0.1, 0.15) is 39.8 Å². The van der Waals surface area contributed by atoms with Crippen LogP contribution in [0.5, 0.6) is 0 Å². The minimum atomic E-state index is -0.948. The summed E-state index contributed by atoms with van der Waals surface area (Å²) < 4.78 is 10.4. The minimum absolute atomic E-state index is 0.265. The predicted molar refractivity (Wildman–Crippen MR) is 161 cm³/mol. The molecule has 0 saturated heterocycles. The summed E-state index contributed by atoms with van der Waals surface area (Å²) in [6.07, 6.45) is 2.73. The van der Waals surface area contributed by atoms with Gasteiger partial charge < -0.3 is 18.7 Å². The number of hydrogen-bond donors (Lipinski definition) is 1. The van der Waals surface area contributed by atoms with E-state index >= 15 is 0 Å². The Balaban J connectivity index is 1.36. The summed E-state index contributed by atoms with van der Waals surface area (Å²) in [5, 5.41) is 10.8. The molecule has 0 radical (unpaired) electrons. The van der Waals surface area contributed by atoms with Gasteiger partial charge >= 0.3 is 5.97 Å². The van der Waals surface area contributed by atoms with Gasteiger partial charge in [0.2, 0.25) is 5.89 Å². The zero-order valence-electron chi connectivity index (χ0n) is 23.0. The molecule has 3 aromatic heterocycles. The molecule has 0 aliphatic carbocycles. The molecule has 0 spiro atoms. The highest BCUT2D eigenvalue weighted by molar-refractivity contribution is 5.94. The Morgan fingerprint density at radius 1 is 0.878 bits per heavy atom. The number of aromatic carboxylic acids is 1. The quantitative estimate of drug-likeness (QED) is 0.233. The molecule has 0 amide bonds. The van der Waals surface area contributed by atoms with Crippen molar-refractivity contribution in [3.63, 3.8) is 0 Å². The van der Waals surface area contributed by atoms with Crippen molar-refractivity contribution >= 4 is 39.0 Å². The number of nitrogens with zero attached hydrogens (tertiary/aromatic N) is 4. The fourth-order valence-electron chi connectivity index (χ4n) is 5.83. The van der Waals surface area contributed by atoms with Crippen LogP contribution in [0, 0.1) is 13.8 Å². The van der Waals surface area contributed by atoms with Crippen LogP contribution in [-0.2, 0) is 13.0 Å². The molecule has 0 aliphatic heterocycles. The third-order valence-electron chi connectivity index (χ3n) is 7.85. The van der Waals surface area contributed by atoms with Gasteiger partial charge in [-0.2, -0.15) is 0 Å². The number of oxazole rings is 1. The Labute approximate surface area is 236 Å². The lowest BCUT2D eigenvalue weighted by molar-refractivity contribution is 0.0697. The summed E-state index contributed by atoms with van der Waals surface area (Å²) in [6.45, 7) is 6.87. The normalized spacial score (nSPS) is 11.7. The van der Waals surface area contributed by atoms with E-state index in [-0.39, 0.29) is 5.56 Å². The van der Waals surface area contributed by atoms with E-state index < -0.39 is 5.97 Å². The first-order valence-corrected chi connectivity index (χ1v) is 13.7. The van der Waals surface area contributed by atoms with Gasteiger partial charge in [0.25, 0.3) is 0 Å². The SMILES string of the molecule is CCc1nc2c(C)cc(-c3nc4c(C)cccc4o3)cc2n1Cc1cccc2c1ccn2-c1ccccc1C(=O)O. The summed E-state index contributed by atoms with van der Waals surface area (Å²) in [4.78, 5) is 21.8. The highest BCUT2D eigenvalue weighted by Gasteiger charge is 2.19. The summed E-state index contributed by atoms with van der Waals surface area (Å²) in [5.74, 6) is 0.652. The Hall–Kier alpha value is -5.17. The Bertz CT molecular complexity index is 2130. The number of carboxylic acid groups (broad SMARTS) is 1. The zero-order valence-corrected chi connectivity index (χ0v) is 23.0. The first-order chi connectivity index (χ1) is 19.9. The summed E-state index contributed by atoms with van der Waals surface area (Å²) in [6, 6.07) is 25.5. The van der Waals surface area contributed by atoms with Gasteiger partial charge in [-0.05, 0) is 73.0 Å². The van der Waals surface area contributed by atoms with Crippen LogP contribution in [0.15, 0.2) is 89.5 Å². The smallest absolute Gasteiger partial charge is 0.337 e. The molecule has 4 aromatic carbocycles. The highest BCUT2D eigenvalue weighted by atomic mass is 16.4. The van der Waals surface area contributed by atoms with Crippen molar-refractivity contribution in [2.45, 2.75) is 33.7 Å². The number of carboxylic acids is 1. The van der Waals surface area contributed by atoms with Gasteiger partial charge in [-0.1, -0.05) is 43.3 Å². The standard InChI is InChI=1S/C34H28N4O3/c1-4-30-35-31-21(3)17-23(33-36-32-20(2)9-7-14-29(32)41-33)18-28(31)38(30)19-22-10-8-13-26-24(22)15-16-37(26)27-12-6-5-11-25(27)34(39)40/h5-18H,4,19H2,1-3H3,(H,39,40). The average Bonchev–Trinajstić information content (AvgIpc) is 3.70. The summed E-state index contributed by atoms with van der Waals surface area (Å²) >= 11 is 0. The molecule has 202 valence electrons. The van der Waals surface area contributed by atoms with Crippen LogP contribution in [0.25, 0.3) is 50.2 Å². The zero-order chi connectivity index (χ0) is 28.2. The largest absolute Gasteiger partial charge is 0.478 e. The Kier molecular flexibility index (Phi) is 5.75. The van der Waals surface area contributed by atoms with Crippen LogP contribution in [-0.4, -0.2) is 30.2 Å². The van der Waals surface area contributed by atoms with Gasteiger partial charge in [-0.3, -0.25) is 0 Å². The van der Waals surface area contributed by atoms with E-state index in [0.717, 1.165) is 67.5 Å². The average molecular weight is 541 g/mol. The number of imidazole rings is 1. The molecule has 0 unspecified atom stereocenters. The maximum Gasteiger partial charge on any atom is 0.337 e. The third kappa shape index (κ3) is 4.00. The van der Waals surface area contributed by atoms with Crippen molar-refractivity contribution in [3.05, 3.63) is 113 Å². The molecule has 0 bridgehead atoms. The van der Waals surface area contributed by atoms with Gasteiger partial charge in [0.15, 0.2) is 5.58 Å². The predicted octanol–water partition coefficient (Wildman–Crippen LogP) is 7.71. The van der Waals surface area contributed by atoms with E-state index in [1.165, 1.54) is 0 Å². The summed E-state index contributed by atoms with van der Waals surface area (Å²) in [5.41, 5.74) is 9.72. The van der Waals surface area contributed by atoms with Gasteiger partial charge in [0.05, 0.1) is 34.3 Å². The van der Waals surface area contributed by atoms with E-state index in [1.807, 2.05) is 60.2 Å². The van der Waals surface area contributed by atoms with E-state index in [9.17, 15) is 9.90 Å². The second-order valence-electron chi connectivity index (χ2n) is 10.4. The molecule has 7 heteroatoms. The maximum absolute atomic E-state index is 11.9. The van der Waals surface area contributed by atoms with Crippen LogP contribution < -0.4 is 0 Å². The first-order valence-electron chi connectivity index (χ1n) is 13.7. The van der Waals surface area contributed by atoms with Crippen molar-refractivity contribution in [2.75, 3.05) is 0 Å². The molecule has 7 aromatic rings. The van der Waals surface area contributed by atoms with Crippen LogP contribution >= 0.6 is 0 Å². The molecular weight excluding hydrogens is 512 g/mol. The lowest BCUT2D eigenvalue weighted by atomic mass is 10.1. The summed E-state index contributed by atoms with van der Waals surface area (Å²) in [7, 11) is 0. The van der Waals surface area contributed by atoms with Gasteiger partial charge in [0.1, 0.15) is 11.3 Å². The number of aromatic nitrogens is 4. The van der Waals surface area contributed by atoms with Crippen LogP contribution in [0.4, 0.5) is 0 Å². The lowest BCUT2D eigenvalue weighted by Crippen LogP contribution is -2.06. The molecule has 7 rings (SSSR count). The number of fused-ring (bicyclic) bond motifs is 3. The first kappa shape index (κ1) is 24.8. The molecule has 0 saturated carbocycles. The van der Waals surface area contributed by atoms with Gasteiger partial charge in [-0.15, -0.1) is 0 Å². The van der Waals surface area contributed by atoms with Crippen molar-refractivity contribution in [1.82, 2.24) is 19.1 Å². The maximum atomic E-state index is 11.9.